The van der Waals surface area contributed by atoms with Crippen molar-refractivity contribution in [3.05, 3.63) is 60.7 Å². The van der Waals surface area contributed by atoms with Crippen LogP contribution in [0.5, 0.6) is 0 Å². The summed E-state index contributed by atoms with van der Waals surface area (Å²) in [5.41, 5.74) is 0.114. The number of rotatable bonds is 3. The Balaban J connectivity index is 2.25. The topological polar surface area (TPSA) is 6.48 Å². The van der Waals surface area contributed by atoms with Crippen molar-refractivity contribution in [2.75, 3.05) is 13.1 Å². The quantitative estimate of drug-likeness (QED) is 0.573. The van der Waals surface area contributed by atoms with Crippen LogP contribution in [0.1, 0.15) is 41.5 Å². The summed E-state index contributed by atoms with van der Waals surface area (Å²) >= 11 is 7.85. The number of nitrogens with zero attached hydrogens (tertiary/aromatic N) is 2. The molecule has 27 heavy (non-hydrogen) atoms. The Morgan fingerprint density at radius 2 is 1.04 bits per heavy atom. The first-order valence-electron chi connectivity index (χ1n) is 9.90. The number of halogens is 1. The molecule has 0 N–H and O–H groups in total. The maximum Gasteiger partial charge on any atom is 0.326 e. The van der Waals surface area contributed by atoms with Gasteiger partial charge in [0.1, 0.15) is 0 Å². The maximum atomic E-state index is 7.85. The van der Waals surface area contributed by atoms with E-state index in [1.54, 1.807) is 0 Å². The first-order chi connectivity index (χ1) is 12.6. The van der Waals surface area contributed by atoms with Crippen LogP contribution in [0.2, 0.25) is 0 Å². The van der Waals surface area contributed by atoms with E-state index >= 15 is 0 Å². The average Bonchev–Trinajstić information content (AvgIpc) is 3.09. The van der Waals surface area contributed by atoms with Crippen molar-refractivity contribution in [3.8, 4) is 0 Å². The molecule has 1 aliphatic heterocycles. The van der Waals surface area contributed by atoms with Gasteiger partial charge in [-0.15, -0.1) is 0 Å². The van der Waals surface area contributed by atoms with Gasteiger partial charge >= 0.3 is 6.57 Å². The summed E-state index contributed by atoms with van der Waals surface area (Å²) in [6.45, 7) is 16.2. The molecule has 0 saturated carbocycles. The average molecular weight is 399 g/mol. The molecule has 0 aliphatic carbocycles. The van der Waals surface area contributed by atoms with Crippen LogP contribution >= 0.6 is 11.1 Å². The van der Waals surface area contributed by atoms with Gasteiger partial charge in [0.25, 0.3) is 0 Å². The molecule has 0 unspecified atom stereocenters. The van der Waals surface area contributed by atoms with Crippen molar-refractivity contribution in [1.29, 1.82) is 0 Å². The Bertz CT molecular complexity index is 694. The fourth-order valence-electron chi connectivity index (χ4n) is 4.29. The van der Waals surface area contributed by atoms with E-state index in [2.05, 4.69) is 112 Å². The van der Waals surface area contributed by atoms with Crippen LogP contribution < -0.4 is 10.4 Å². The predicted molar refractivity (Wildman–Crippen MR) is 122 cm³/mol. The zero-order chi connectivity index (χ0) is 19.9. The Morgan fingerprint density at radius 3 is 1.33 bits per heavy atom. The third-order valence-corrected chi connectivity index (χ3v) is 11.2. The zero-order valence-electron chi connectivity index (χ0n) is 17.5. The second-order valence-corrected chi connectivity index (χ2v) is 14.4. The fraction of sp³-hybridized carbons (Fsp3) is 0.455. The van der Waals surface area contributed by atoms with Gasteiger partial charge < -0.3 is 9.62 Å². The van der Waals surface area contributed by atoms with E-state index in [0.29, 0.717) is 0 Å². The van der Waals surface area contributed by atoms with Gasteiger partial charge in [0.05, 0.1) is 0 Å². The summed E-state index contributed by atoms with van der Waals surface area (Å²) in [6.07, 6.45) is 0. The second kappa shape index (κ2) is 7.40. The van der Waals surface area contributed by atoms with E-state index < -0.39 is 7.25 Å². The van der Waals surface area contributed by atoms with Crippen molar-refractivity contribution >= 4 is 35.3 Å². The van der Waals surface area contributed by atoms with Crippen molar-refractivity contribution in [2.45, 2.75) is 52.6 Å². The third-order valence-electron chi connectivity index (χ3n) is 5.64. The molecule has 1 saturated heterocycles. The van der Waals surface area contributed by atoms with Crippen LogP contribution in [0, 0.1) is 0 Å². The molecule has 0 bridgehead atoms. The van der Waals surface area contributed by atoms with Crippen LogP contribution in [-0.4, -0.2) is 47.6 Å². The van der Waals surface area contributed by atoms with Crippen molar-refractivity contribution < 1.29 is 0 Å². The van der Waals surface area contributed by atoms with Crippen molar-refractivity contribution in [1.82, 2.24) is 9.62 Å². The molecule has 3 rings (SSSR count). The van der Waals surface area contributed by atoms with E-state index in [0.717, 1.165) is 13.1 Å². The second-order valence-electron chi connectivity index (χ2n) is 9.55. The minimum Gasteiger partial charge on any atom is -0.323 e. The van der Waals surface area contributed by atoms with Crippen LogP contribution in [0.3, 0.4) is 0 Å². The molecular weight excluding hydrogens is 367 g/mol. The van der Waals surface area contributed by atoms with Gasteiger partial charge in [-0.1, -0.05) is 60.7 Å². The molecule has 0 amide bonds. The zero-order valence-corrected chi connectivity index (χ0v) is 19.3. The summed E-state index contributed by atoms with van der Waals surface area (Å²) in [6, 6.07) is 21.6. The Labute approximate surface area is 171 Å². The molecular formula is C22H32BClN2Si. The standard InChI is InChI=1S/C22H32BClN2Si/c1-21(2,3)25-17-18-26(22(4,5)6)23(25)27(24,19-13-9-7-10-14-19)20-15-11-8-12-16-20/h7-16H,17-18H2,1-6H3. The van der Waals surface area contributed by atoms with Gasteiger partial charge in [0.2, 0.25) is 7.25 Å². The molecule has 2 nitrogen and oxygen atoms in total. The highest BCUT2D eigenvalue weighted by Crippen LogP contribution is 2.33. The number of hydrogen-bond acceptors (Lipinski definition) is 2. The molecule has 5 heteroatoms. The van der Waals surface area contributed by atoms with E-state index in [4.69, 9.17) is 11.1 Å². The molecule has 0 aromatic heterocycles. The summed E-state index contributed by atoms with van der Waals surface area (Å²) in [5.74, 6) is 0. The van der Waals surface area contributed by atoms with Gasteiger partial charge in [-0.05, 0) is 51.9 Å². The third kappa shape index (κ3) is 3.91. The van der Waals surface area contributed by atoms with Crippen molar-refractivity contribution in [3.63, 3.8) is 0 Å². The highest BCUT2D eigenvalue weighted by atomic mass is 35.6. The highest BCUT2D eigenvalue weighted by molar-refractivity contribution is 7.62. The maximum absolute atomic E-state index is 7.85. The molecule has 1 aliphatic rings. The SMILES string of the molecule is CC(C)(C)N1CCN(C(C)(C)C)B1[Si](Cl)(c1ccccc1)c1ccccc1. The van der Waals surface area contributed by atoms with Crippen LogP contribution in [-0.2, 0) is 0 Å². The molecule has 2 aromatic rings. The summed E-state index contributed by atoms with van der Waals surface area (Å²) in [4.78, 5) is 5.27. The van der Waals surface area contributed by atoms with Gasteiger partial charge in [-0.25, -0.2) is 0 Å². The molecule has 144 valence electrons. The fourth-order valence-corrected chi connectivity index (χ4v) is 9.93. The largest absolute Gasteiger partial charge is 0.326 e. The van der Waals surface area contributed by atoms with E-state index in [9.17, 15) is 0 Å². The smallest absolute Gasteiger partial charge is 0.323 e. The molecule has 0 radical (unpaired) electrons. The lowest BCUT2D eigenvalue weighted by Crippen LogP contribution is -2.77. The lowest BCUT2D eigenvalue weighted by Gasteiger charge is -2.47. The van der Waals surface area contributed by atoms with E-state index in [-0.39, 0.29) is 17.7 Å². The van der Waals surface area contributed by atoms with E-state index in [1.165, 1.54) is 10.4 Å². The number of benzene rings is 2. The lowest BCUT2D eigenvalue weighted by molar-refractivity contribution is 0.271. The Kier molecular flexibility index (Phi) is 5.66. The van der Waals surface area contributed by atoms with Gasteiger partial charge in [-0.2, -0.15) is 11.1 Å². The first kappa shape index (κ1) is 20.7. The molecule has 0 atom stereocenters. The van der Waals surface area contributed by atoms with Crippen LogP contribution in [0.25, 0.3) is 0 Å². The normalized spacial score (nSPS) is 17.5. The Morgan fingerprint density at radius 1 is 0.704 bits per heavy atom. The van der Waals surface area contributed by atoms with Crippen LogP contribution in [0.15, 0.2) is 60.7 Å². The molecule has 1 fully saturated rings. The Hall–Kier alpha value is -1.07. The minimum absolute atomic E-state index is 0.0569. The first-order valence-corrected chi connectivity index (χ1v) is 13.0. The lowest BCUT2D eigenvalue weighted by atomic mass is 9.90. The minimum atomic E-state index is -2.59. The summed E-state index contributed by atoms with van der Waals surface area (Å²) < 4.78 is 0. The monoisotopic (exact) mass is 398 g/mol. The highest BCUT2D eigenvalue weighted by Gasteiger charge is 2.59. The van der Waals surface area contributed by atoms with Crippen LogP contribution in [0.4, 0.5) is 0 Å². The molecule has 2 aromatic carbocycles. The molecule has 1 heterocycles. The predicted octanol–water partition coefficient (Wildman–Crippen LogP) is 3.77. The van der Waals surface area contributed by atoms with Gasteiger partial charge in [-0.3, -0.25) is 0 Å². The van der Waals surface area contributed by atoms with Gasteiger partial charge in [0.15, 0.2) is 0 Å². The summed E-state index contributed by atoms with van der Waals surface area (Å²) in [7, 11) is -2.59. The van der Waals surface area contributed by atoms with E-state index in [1.807, 2.05) is 0 Å². The van der Waals surface area contributed by atoms with Crippen molar-refractivity contribution in [2.24, 2.45) is 0 Å². The molecule has 0 spiro atoms. The summed E-state index contributed by atoms with van der Waals surface area (Å²) in [5, 5.41) is 2.57. The number of hydrogen-bond donors (Lipinski definition) is 0. The van der Waals surface area contributed by atoms with Gasteiger partial charge in [0, 0.05) is 24.2 Å².